The van der Waals surface area contributed by atoms with Gasteiger partial charge in [-0.25, -0.2) is 4.99 Å². The van der Waals surface area contributed by atoms with Crippen LogP contribution in [-0.4, -0.2) is 61.7 Å². The maximum absolute atomic E-state index is 5.37. The van der Waals surface area contributed by atoms with E-state index in [0.717, 1.165) is 60.6 Å². The van der Waals surface area contributed by atoms with Gasteiger partial charge in [0.25, 0.3) is 0 Å². The Kier molecular flexibility index (Phi) is 9.23. The van der Waals surface area contributed by atoms with Gasteiger partial charge in [0.15, 0.2) is 23.3 Å². The molecule has 9 nitrogen and oxygen atoms in total. The van der Waals surface area contributed by atoms with E-state index in [1.165, 1.54) is 0 Å². The summed E-state index contributed by atoms with van der Waals surface area (Å²) >= 11 is 0. The molecule has 0 aliphatic carbocycles. The van der Waals surface area contributed by atoms with Gasteiger partial charge in [-0.3, -0.25) is 0 Å². The van der Waals surface area contributed by atoms with Gasteiger partial charge in [0.05, 0.1) is 14.2 Å². The molecule has 1 aromatic heterocycles. The van der Waals surface area contributed by atoms with E-state index in [0.29, 0.717) is 13.2 Å². The first kappa shape index (κ1) is 22.5. The minimum atomic E-state index is 0.452. The molecule has 2 rings (SSSR count). The average molecular weight is 405 g/mol. The number of rotatable bonds is 11. The molecule has 2 N–H and O–H groups in total. The Morgan fingerprint density at radius 2 is 1.83 bits per heavy atom. The Labute approximate surface area is 172 Å². The van der Waals surface area contributed by atoms with Gasteiger partial charge >= 0.3 is 0 Å². The predicted octanol–water partition coefficient (Wildman–Crippen LogP) is 1.46. The van der Waals surface area contributed by atoms with Crippen molar-refractivity contribution in [2.24, 2.45) is 12.0 Å². The van der Waals surface area contributed by atoms with Crippen molar-refractivity contribution in [3.8, 4) is 11.5 Å². The number of nitrogens with one attached hydrogen (secondary N) is 2. The highest BCUT2D eigenvalue weighted by Gasteiger charge is 2.07. The second kappa shape index (κ2) is 11.9. The summed E-state index contributed by atoms with van der Waals surface area (Å²) < 4.78 is 17.7. The second-order valence-electron chi connectivity index (χ2n) is 6.53. The summed E-state index contributed by atoms with van der Waals surface area (Å²) in [6, 6.07) is 5.95. The molecule has 1 aromatic carbocycles. The number of aryl methyl sites for hydroxylation is 1. The zero-order valence-corrected chi connectivity index (χ0v) is 18.0. The molecule has 0 spiro atoms. The summed E-state index contributed by atoms with van der Waals surface area (Å²) in [5.41, 5.74) is 1.15. The SMILES string of the molecule is COCCCNC(=NCc1nnc(C)n1C)NCCc1ccc(OC)c(OC)c1. The van der Waals surface area contributed by atoms with Gasteiger partial charge < -0.3 is 29.4 Å². The molecule has 0 radical (unpaired) electrons. The fourth-order valence-electron chi connectivity index (χ4n) is 2.70. The number of benzene rings is 1. The largest absolute Gasteiger partial charge is 0.493 e. The van der Waals surface area contributed by atoms with Crippen LogP contribution in [0.5, 0.6) is 11.5 Å². The summed E-state index contributed by atoms with van der Waals surface area (Å²) in [6.07, 6.45) is 1.72. The molecule has 0 aliphatic rings. The first-order valence-corrected chi connectivity index (χ1v) is 9.66. The van der Waals surface area contributed by atoms with Gasteiger partial charge in [-0.2, -0.15) is 0 Å². The van der Waals surface area contributed by atoms with E-state index < -0.39 is 0 Å². The summed E-state index contributed by atoms with van der Waals surface area (Å²) in [7, 11) is 6.92. The van der Waals surface area contributed by atoms with Crippen molar-refractivity contribution in [1.82, 2.24) is 25.4 Å². The number of nitrogens with zero attached hydrogens (tertiary/aromatic N) is 4. The van der Waals surface area contributed by atoms with E-state index in [-0.39, 0.29) is 0 Å². The van der Waals surface area contributed by atoms with Crippen molar-refractivity contribution in [3.05, 3.63) is 35.4 Å². The average Bonchev–Trinajstić information content (AvgIpc) is 3.06. The van der Waals surface area contributed by atoms with Gasteiger partial charge in [0, 0.05) is 33.9 Å². The van der Waals surface area contributed by atoms with Gasteiger partial charge in [-0.05, 0) is 37.5 Å². The van der Waals surface area contributed by atoms with Crippen LogP contribution >= 0.6 is 0 Å². The van der Waals surface area contributed by atoms with Crippen molar-refractivity contribution in [1.29, 1.82) is 0 Å². The van der Waals surface area contributed by atoms with Crippen LogP contribution in [0.25, 0.3) is 0 Å². The van der Waals surface area contributed by atoms with E-state index in [9.17, 15) is 0 Å². The lowest BCUT2D eigenvalue weighted by Gasteiger charge is -2.13. The second-order valence-corrected chi connectivity index (χ2v) is 6.53. The standard InChI is InChI=1S/C20H32N6O3/c1-15-24-25-19(26(15)2)14-23-20(21-10-6-12-27-3)22-11-9-16-7-8-17(28-4)18(13-16)29-5/h7-8,13H,6,9-12,14H2,1-5H3,(H2,21,22,23). The van der Waals surface area contributed by atoms with Crippen molar-refractivity contribution in [2.75, 3.05) is 41.0 Å². The van der Waals surface area contributed by atoms with Crippen LogP contribution in [-0.2, 0) is 24.8 Å². The minimum Gasteiger partial charge on any atom is -0.493 e. The van der Waals surface area contributed by atoms with Crippen molar-refractivity contribution < 1.29 is 14.2 Å². The minimum absolute atomic E-state index is 0.452. The lowest BCUT2D eigenvalue weighted by Crippen LogP contribution is -2.39. The third-order valence-electron chi connectivity index (χ3n) is 4.53. The molecule has 160 valence electrons. The first-order chi connectivity index (χ1) is 14.1. The van der Waals surface area contributed by atoms with Crippen LogP contribution < -0.4 is 20.1 Å². The van der Waals surface area contributed by atoms with E-state index in [4.69, 9.17) is 14.2 Å². The summed E-state index contributed by atoms with van der Waals surface area (Å²) in [5.74, 6) is 3.88. The van der Waals surface area contributed by atoms with Crippen molar-refractivity contribution in [2.45, 2.75) is 26.3 Å². The van der Waals surface area contributed by atoms with Crippen LogP contribution in [0.15, 0.2) is 23.2 Å². The Hall–Kier alpha value is -2.81. The summed E-state index contributed by atoms with van der Waals surface area (Å²) in [5, 5.41) is 15.0. The fourth-order valence-corrected chi connectivity index (χ4v) is 2.70. The van der Waals surface area contributed by atoms with Gasteiger partial charge in [0.1, 0.15) is 12.4 Å². The number of aliphatic imine (C=N–C) groups is 1. The highest BCUT2D eigenvalue weighted by molar-refractivity contribution is 5.79. The maximum Gasteiger partial charge on any atom is 0.191 e. The molecule has 2 aromatic rings. The highest BCUT2D eigenvalue weighted by atomic mass is 16.5. The number of aromatic nitrogens is 3. The third-order valence-corrected chi connectivity index (χ3v) is 4.53. The molecular formula is C20H32N6O3. The van der Waals surface area contributed by atoms with Crippen LogP contribution in [0.4, 0.5) is 0 Å². The number of hydrogen-bond acceptors (Lipinski definition) is 6. The molecule has 1 heterocycles. The van der Waals surface area contributed by atoms with Crippen molar-refractivity contribution >= 4 is 5.96 Å². The lowest BCUT2D eigenvalue weighted by atomic mass is 10.1. The van der Waals surface area contributed by atoms with E-state index in [2.05, 4.69) is 25.8 Å². The predicted molar refractivity (Wildman–Crippen MR) is 113 cm³/mol. The molecule has 0 aliphatic heterocycles. The molecule has 0 bridgehead atoms. The number of hydrogen-bond donors (Lipinski definition) is 2. The van der Waals surface area contributed by atoms with Crippen molar-refractivity contribution in [3.63, 3.8) is 0 Å². The summed E-state index contributed by atoms with van der Waals surface area (Å²) in [6.45, 7) is 4.57. The lowest BCUT2D eigenvalue weighted by molar-refractivity contribution is 0.195. The van der Waals surface area contributed by atoms with Gasteiger partial charge in [0.2, 0.25) is 0 Å². The fraction of sp³-hybridized carbons (Fsp3) is 0.550. The molecule has 9 heteroatoms. The van der Waals surface area contributed by atoms with Gasteiger partial charge in [-0.1, -0.05) is 6.07 Å². The molecule has 0 saturated heterocycles. The molecule has 0 unspecified atom stereocenters. The molecule has 0 saturated carbocycles. The third kappa shape index (κ3) is 6.94. The van der Waals surface area contributed by atoms with Crippen LogP contribution in [0, 0.1) is 6.92 Å². The number of guanidine groups is 1. The number of methoxy groups -OCH3 is 3. The molecular weight excluding hydrogens is 372 g/mol. The Morgan fingerprint density at radius 1 is 1.07 bits per heavy atom. The molecule has 0 amide bonds. The Morgan fingerprint density at radius 3 is 2.48 bits per heavy atom. The zero-order valence-electron chi connectivity index (χ0n) is 18.0. The van der Waals surface area contributed by atoms with E-state index in [1.54, 1.807) is 21.3 Å². The molecule has 29 heavy (non-hydrogen) atoms. The zero-order chi connectivity index (χ0) is 21.1. The van der Waals surface area contributed by atoms with E-state index in [1.807, 2.05) is 36.7 Å². The molecule has 0 fully saturated rings. The Bertz CT molecular complexity index is 791. The normalized spacial score (nSPS) is 11.4. The van der Waals surface area contributed by atoms with E-state index >= 15 is 0 Å². The number of ether oxygens (including phenoxy) is 3. The summed E-state index contributed by atoms with van der Waals surface area (Å²) in [4.78, 5) is 4.64. The highest BCUT2D eigenvalue weighted by Crippen LogP contribution is 2.27. The monoisotopic (exact) mass is 404 g/mol. The van der Waals surface area contributed by atoms with Crippen LogP contribution in [0.1, 0.15) is 23.6 Å². The first-order valence-electron chi connectivity index (χ1n) is 9.66. The van der Waals surface area contributed by atoms with Gasteiger partial charge in [-0.15, -0.1) is 10.2 Å². The smallest absolute Gasteiger partial charge is 0.191 e. The van der Waals surface area contributed by atoms with Crippen LogP contribution in [0.3, 0.4) is 0 Å². The quantitative estimate of drug-likeness (QED) is 0.333. The Balaban J connectivity index is 1.95. The maximum atomic E-state index is 5.37. The molecule has 0 atom stereocenters. The van der Waals surface area contributed by atoms with Crippen LogP contribution in [0.2, 0.25) is 0 Å². The topological polar surface area (TPSA) is 94.8 Å².